The number of hydrogen-bond donors (Lipinski definition) is 1. The zero-order valence-corrected chi connectivity index (χ0v) is 18.9. The zero-order chi connectivity index (χ0) is 24.5. The third-order valence-electron chi connectivity index (χ3n) is 5.61. The van der Waals surface area contributed by atoms with Gasteiger partial charge in [-0.1, -0.05) is 30.3 Å². The van der Waals surface area contributed by atoms with Gasteiger partial charge in [0.1, 0.15) is 4.90 Å². The molecule has 0 radical (unpaired) electrons. The Morgan fingerprint density at radius 2 is 1.74 bits per heavy atom. The molecule has 1 atom stereocenters. The van der Waals surface area contributed by atoms with Gasteiger partial charge in [0.2, 0.25) is 10.0 Å². The second kappa shape index (κ2) is 9.32. The molecule has 2 aromatic carbocycles. The van der Waals surface area contributed by atoms with E-state index >= 15 is 0 Å². The average Bonchev–Trinajstić information content (AvgIpc) is 3.27. The molecule has 34 heavy (non-hydrogen) atoms. The van der Waals surface area contributed by atoms with E-state index in [9.17, 15) is 26.0 Å². The first-order chi connectivity index (χ1) is 16.1. The van der Waals surface area contributed by atoms with E-state index in [1.807, 2.05) is 6.07 Å². The van der Waals surface area contributed by atoms with Gasteiger partial charge in [0.05, 0.1) is 12.1 Å². The Balaban J connectivity index is 1.57. The van der Waals surface area contributed by atoms with Gasteiger partial charge in [-0.05, 0) is 35.7 Å². The second-order valence-electron chi connectivity index (χ2n) is 8.06. The predicted molar refractivity (Wildman–Crippen MR) is 116 cm³/mol. The molecule has 0 spiro atoms. The maximum absolute atomic E-state index is 14.9. The van der Waals surface area contributed by atoms with E-state index in [-0.39, 0.29) is 29.4 Å². The monoisotopic (exact) mass is 495 g/mol. The highest BCUT2D eigenvalue weighted by Gasteiger charge is 2.41. The smallest absolute Gasteiger partial charge is 0.243 e. The van der Waals surface area contributed by atoms with Gasteiger partial charge in [-0.2, -0.15) is 4.72 Å². The SMILES string of the molecule is CN(Cc1cc(F)c(F)c(F)c1)c1ncc(S(=O)(=O)NC2(c3ccccc3)CCOC2)cc1F. The molecular formula is C23H21F4N3O3S. The molecule has 1 N–H and O–H groups in total. The molecule has 1 aliphatic heterocycles. The van der Waals surface area contributed by atoms with E-state index < -0.39 is 38.8 Å². The second-order valence-corrected chi connectivity index (χ2v) is 9.74. The third kappa shape index (κ3) is 4.77. The number of halogens is 4. The van der Waals surface area contributed by atoms with Crippen LogP contribution in [0.4, 0.5) is 23.4 Å². The molecule has 3 aromatic rings. The summed E-state index contributed by atoms with van der Waals surface area (Å²) >= 11 is 0. The summed E-state index contributed by atoms with van der Waals surface area (Å²) in [6.07, 6.45) is 1.40. The van der Waals surface area contributed by atoms with E-state index in [1.165, 1.54) is 11.9 Å². The van der Waals surface area contributed by atoms with Gasteiger partial charge >= 0.3 is 0 Å². The largest absolute Gasteiger partial charge is 0.379 e. The Morgan fingerprint density at radius 1 is 1.06 bits per heavy atom. The maximum Gasteiger partial charge on any atom is 0.243 e. The highest BCUT2D eigenvalue weighted by atomic mass is 32.2. The van der Waals surface area contributed by atoms with Crippen LogP contribution >= 0.6 is 0 Å². The molecular weight excluding hydrogens is 474 g/mol. The van der Waals surface area contributed by atoms with Crippen LogP contribution in [0.15, 0.2) is 59.6 Å². The van der Waals surface area contributed by atoms with E-state index in [0.717, 1.165) is 30.0 Å². The Bertz CT molecular complexity index is 1280. The Labute approximate surface area is 194 Å². The lowest BCUT2D eigenvalue weighted by atomic mass is 9.90. The first kappa shape index (κ1) is 24.1. The fraction of sp³-hybridized carbons (Fsp3) is 0.261. The van der Waals surface area contributed by atoms with Crippen molar-refractivity contribution in [1.82, 2.24) is 9.71 Å². The molecule has 1 saturated heterocycles. The van der Waals surface area contributed by atoms with Crippen LogP contribution in [0.5, 0.6) is 0 Å². The van der Waals surface area contributed by atoms with E-state index in [4.69, 9.17) is 4.74 Å². The van der Waals surface area contributed by atoms with Gasteiger partial charge < -0.3 is 9.64 Å². The normalized spacial score (nSPS) is 18.3. The van der Waals surface area contributed by atoms with Crippen molar-refractivity contribution in [3.63, 3.8) is 0 Å². The van der Waals surface area contributed by atoms with Crippen LogP contribution < -0.4 is 9.62 Å². The number of nitrogens with zero attached hydrogens (tertiary/aromatic N) is 2. The Kier molecular flexibility index (Phi) is 6.61. The lowest BCUT2D eigenvalue weighted by Gasteiger charge is -2.29. The van der Waals surface area contributed by atoms with Crippen molar-refractivity contribution in [2.24, 2.45) is 0 Å². The van der Waals surface area contributed by atoms with Gasteiger partial charge in [0.15, 0.2) is 29.1 Å². The molecule has 4 rings (SSSR count). The number of sulfonamides is 1. The van der Waals surface area contributed by atoms with Gasteiger partial charge in [-0.3, -0.25) is 0 Å². The number of rotatable bonds is 7. The highest BCUT2D eigenvalue weighted by Crippen LogP contribution is 2.32. The topological polar surface area (TPSA) is 71.5 Å². The van der Waals surface area contributed by atoms with Crippen molar-refractivity contribution in [2.75, 3.05) is 25.2 Å². The minimum Gasteiger partial charge on any atom is -0.379 e. The van der Waals surface area contributed by atoms with E-state index in [2.05, 4.69) is 9.71 Å². The zero-order valence-electron chi connectivity index (χ0n) is 18.1. The van der Waals surface area contributed by atoms with Crippen molar-refractivity contribution in [3.8, 4) is 0 Å². The predicted octanol–water partition coefficient (Wildman–Crippen LogP) is 3.87. The van der Waals surface area contributed by atoms with Crippen molar-refractivity contribution < 1.29 is 30.7 Å². The first-order valence-electron chi connectivity index (χ1n) is 10.3. The minimum absolute atomic E-state index is 0.0458. The van der Waals surface area contributed by atoms with Crippen molar-refractivity contribution in [3.05, 3.63) is 89.1 Å². The van der Waals surface area contributed by atoms with Crippen molar-refractivity contribution in [2.45, 2.75) is 23.4 Å². The number of benzene rings is 2. The summed E-state index contributed by atoms with van der Waals surface area (Å²) in [5, 5.41) is 0. The fourth-order valence-corrected chi connectivity index (χ4v) is 5.26. The molecule has 6 nitrogen and oxygen atoms in total. The molecule has 1 aliphatic rings. The van der Waals surface area contributed by atoms with E-state index in [1.54, 1.807) is 24.3 Å². The lowest BCUT2D eigenvalue weighted by Crippen LogP contribution is -2.46. The fourth-order valence-electron chi connectivity index (χ4n) is 3.89. The average molecular weight is 495 g/mol. The standard InChI is InChI=1S/C23H21F4N3O3S/c1-30(13-15-9-18(24)21(27)19(25)10-15)22-20(26)11-17(12-28-22)34(31,32)29-23(7-8-33-14-23)16-5-3-2-4-6-16/h2-6,9-12,29H,7-8,13-14H2,1H3. The first-order valence-corrected chi connectivity index (χ1v) is 11.8. The molecule has 1 fully saturated rings. The maximum atomic E-state index is 14.9. The summed E-state index contributed by atoms with van der Waals surface area (Å²) in [5.41, 5.74) is -0.230. The molecule has 1 aromatic heterocycles. The van der Waals surface area contributed by atoms with Crippen molar-refractivity contribution >= 4 is 15.8 Å². The van der Waals surface area contributed by atoms with Crippen molar-refractivity contribution in [1.29, 1.82) is 0 Å². The van der Waals surface area contributed by atoms with Crippen LogP contribution in [0.3, 0.4) is 0 Å². The molecule has 1 unspecified atom stereocenters. The summed E-state index contributed by atoms with van der Waals surface area (Å²) in [6, 6.07) is 11.4. The summed E-state index contributed by atoms with van der Waals surface area (Å²) in [7, 11) is -2.78. The van der Waals surface area contributed by atoms with Crippen LogP contribution in [0.25, 0.3) is 0 Å². The summed E-state index contributed by atoms with van der Waals surface area (Å²) in [5.74, 6) is -5.53. The van der Waals surface area contributed by atoms with Crippen LogP contribution in [0.2, 0.25) is 0 Å². The minimum atomic E-state index is -4.18. The number of nitrogens with one attached hydrogen (secondary N) is 1. The number of hydrogen-bond acceptors (Lipinski definition) is 5. The molecule has 0 saturated carbocycles. The van der Waals surface area contributed by atoms with Gasteiger partial charge in [-0.15, -0.1) is 0 Å². The summed E-state index contributed by atoms with van der Waals surface area (Å²) in [6.45, 7) is 0.285. The molecule has 2 heterocycles. The molecule has 11 heteroatoms. The Morgan fingerprint density at radius 3 is 2.32 bits per heavy atom. The Hall–Kier alpha value is -3.02. The third-order valence-corrected chi connectivity index (χ3v) is 7.11. The van der Waals surface area contributed by atoms with Gasteiger partial charge in [0.25, 0.3) is 0 Å². The van der Waals surface area contributed by atoms with Crippen LogP contribution in [0, 0.1) is 23.3 Å². The van der Waals surface area contributed by atoms with Gasteiger partial charge in [0, 0.05) is 26.4 Å². The number of anilines is 1. The van der Waals surface area contributed by atoms with Crippen LogP contribution in [0.1, 0.15) is 17.5 Å². The molecule has 180 valence electrons. The quantitative estimate of drug-likeness (QED) is 0.398. The van der Waals surface area contributed by atoms with Crippen LogP contribution in [-0.4, -0.2) is 33.7 Å². The number of pyridine rings is 1. The molecule has 0 aliphatic carbocycles. The van der Waals surface area contributed by atoms with Gasteiger partial charge in [-0.25, -0.2) is 31.0 Å². The number of aromatic nitrogens is 1. The summed E-state index contributed by atoms with van der Waals surface area (Å²) < 4.78 is 89.2. The summed E-state index contributed by atoms with van der Waals surface area (Å²) in [4.78, 5) is 4.75. The number of ether oxygens (including phenoxy) is 1. The highest BCUT2D eigenvalue weighted by molar-refractivity contribution is 7.89. The van der Waals surface area contributed by atoms with E-state index in [0.29, 0.717) is 13.0 Å². The van der Waals surface area contributed by atoms with Crippen LogP contribution in [-0.2, 0) is 26.8 Å². The molecule has 0 amide bonds. The molecule has 0 bridgehead atoms. The lowest BCUT2D eigenvalue weighted by molar-refractivity contribution is 0.174.